The van der Waals surface area contributed by atoms with Gasteiger partial charge in [0.2, 0.25) is 5.91 Å². The van der Waals surface area contributed by atoms with Gasteiger partial charge in [-0.25, -0.2) is 0 Å². The van der Waals surface area contributed by atoms with Crippen LogP contribution in [0.1, 0.15) is 11.3 Å². The van der Waals surface area contributed by atoms with E-state index in [1.54, 1.807) is 36.0 Å². The van der Waals surface area contributed by atoms with Crippen LogP contribution in [-0.4, -0.2) is 5.91 Å². The van der Waals surface area contributed by atoms with Crippen molar-refractivity contribution in [2.24, 2.45) is 0 Å². The van der Waals surface area contributed by atoms with E-state index < -0.39 is 0 Å². The molecule has 106 valence electrons. The highest BCUT2D eigenvalue weighted by atomic mass is 32.1. The van der Waals surface area contributed by atoms with Crippen molar-refractivity contribution in [1.29, 1.82) is 0 Å². The lowest BCUT2D eigenvalue weighted by atomic mass is 10.3. The van der Waals surface area contributed by atoms with Gasteiger partial charge >= 0.3 is 0 Å². The Balaban J connectivity index is 1.54. The fraction of sp³-hybridized carbons (Fsp3) is 0.0625. The molecule has 1 N–H and O–H groups in total. The molecule has 1 amide bonds. The van der Waals surface area contributed by atoms with Gasteiger partial charge in [-0.05, 0) is 35.7 Å². The Morgan fingerprint density at radius 1 is 1.29 bits per heavy atom. The summed E-state index contributed by atoms with van der Waals surface area (Å²) in [6.07, 6.45) is 6.29. The summed E-state index contributed by atoms with van der Waals surface area (Å²) in [5.41, 5.74) is 0.850. The zero-order valence-corrected chi connectivity index (χ0v) is 11.9. The molecule has 0 atom stereocenters. The first kappa shape index (κ1) is 13.5. The maximum atomic E-state index is 11.7. The third-order valence-corrected chi connectivity index (χ3v) is 3.72. The molecule has 3 aromatic rings. The minimum absolute atomic E-state index is 0.176. The van der Waals surface area contributed by atoms with E-state index in [1.807, 2.05) is 29.6 Å². The van der Waals surface area contributed by atoms with Gasteiger partial charge in [-0.3, -0.25) is 4.79 Å². The SMILES string of the molecule is O=C(C=Cc1ccoc1)NCc1ccc(-c2cccs2)o1. The number of hydrogen-bond acceptors (Lipinski definition) is 4. The fourth-order valence-corrected chi connectivity index (χ4v) is 2.49. The van der Waals surface area contributed by atoms with Crippen LogP contribution in [0.15, 0.2) is 63.1 Å². The second kappa shape index (κ2) is 6.28. The van der Waals surface area contributed by atoms with Crippen LogP contribution in [0.25, 0.3) is 16.7 Å². The van der Waals surface area contributed by atoms with E-state index in [2.05, 4.69) is 5.32 Å². The summed E-state index contributed by atoms with van der Waals surface area (Å²) in [6.45, 7) is 0.361. The van der Waals surface area contributed by atoms with Crippen molar-refractivity contribution in [1.82, 2.24) is 5.32 Å². The van der Waals surface area contributed by atoms with Crippen LogP contribution in [0.2, 0.25) is 0 Å². The summed E-state index contributed by atoms with van der Waals surface area (Å²) in [4.78, 5) is 12.8. The van der Waals surface area contributed by atoms with Gasteiger partial charge in [-0.2, -0.15) is 0 Å². The number of carbonyl (C=O) groups is 1. The van der Waals surface area contributed by atoms with Crippen LogP contribution < -0.4 is 5.32 Å². The predicted molar refractivity (Wildman–Crippen MR) is 81.6 cm³/mol. The Morgan fingerprint density at radius 2 is 2.24 bits per heavy atom. The molecule has 21 heavy (non-hydrogen) atoms. The van der Waals surface area contributed by atoms with E-state index in [-0.39, 0.29) is 5.91 Å². The predicted octanol–water partition coefficient (Wildman–Crippen LogP) is 3.93. The lowest BCUT2D eigenvalue weighted by molar-refractivity contribution is -0.116. The normalized spacial score (nSPS) is 11.0. The van der Waals surface area contributed by atoms with Crippen LogP contribution in [0.4, 0.5) is 0 Å². The second-order valence-corrected chi connectivity index (χ2v) is 5.30. The highest BCUT2D eigenvalue weighted by Gasteiger charge is 2.06. The molecule has 0 saturated carbocycles. The first-order valence-electron chi connectivity index (χ1n) is 6.42. The highest BCUT2D eigenvalue weighted by molar-refractivity contribution is 7.13. The molecule has 0 fully saturated rings. The summed E-state index contributed by atoms with van der Waals surface area (Å²) < 4.78 is 10.6. The molecule has 5 heteroatoms. The van der Waals surface area contributed by atoms with Crippen molar-refractivity contribution in [3.8, 4) is 10.6 Å². The lowest BCUT2D eigenvalue weighted by Gasteiger charge is -1.98. The van der Waals surface area contributed by atoms with E-state index in [0.29, 0.717) is 6.54 Å². The number of amides is 1. The van der Waals surface area contributed by atoms with Gasteiger partial charge in [0.05, 0.1) is 23.9 Å². The molecule has 3 rings (SSSR count). The van der Waals surface area contributed by atoms with Gasteiger partial charge in [0.25, 0.3) is 0 Å². The summed E-state index contributed by atoms with van der Waals surface area (Å²) in [5.74, 6) is 1.37. The van der Waals surface area contributed by atoms with Crippen LogP contribution >= 0.6 is 11.3 Å². The lowest BCUT2D eigenvalue weighted by Crippen LogP contribution is -2.19. The van der Waals surface area contributed by atoms with Crippen molar-refractivity contribution in [3.05, 3.63) is 65.6 Å². The number of rotatable bonds is 5. The van der Waals surface area contributed by atoms with E-state index in [1.165, 1.54) is 6.08 Å². The number of nitrogens with one attached hydrogen (secondary N) is 1. The third kappa shape index (κ3) is 3.52. The van der Waals surface area contributed by atoms with Gasteiger partial charge in [0.1, 0.15) is 11.5 Å². The quantitative estimate of drug-likeness (QED) is 0.726. The van der Waals surface area contributed by atoms with E-state index in [0.717, 1.165) is 22.0 Å². The zero-order valence-electron chi connectivity index (χ0n) is 11.1. The number of furan rings is 2. The molecule has 0 bridgehead atoms. The minimum Gasteiger partial charge on any atom is -0.472 e. The van der Waals surface area contributed by atoms with Crippen LogP contribution in [0, 0.1) is 0 Å². The number of thiophene rings is 1. The van der Waals surface area contributed by atoms with Crippen molar-refractivity contribution < 1.29 is 13.6 Å². The molecule has 0 unspecified atom stereocenters. The standard InChI is InChI=1S/C16H13NO3S/c18-16(6-3-12-7-8-19-11-12)17-10-13-4-5-14(20-13)15-2-1-9-21-15/h1-9,11H,10H2,(H,17,18). The molecular formula is C16H13NO3S. The Bertz CT molecular complexity index is 724. The number of carbonyl (C=O) groups excluding carboxylic acids is 1. The van der Waals surface area contributed by atoms with Gasteiger partial charge in [0, 0.05) is 11.6 Å². The molecule has 3 heterocycles. The molecular weight excluding hydrogens is 286 g/mol. The average molecular weight is 299 g/mol. The Hall–Kier alpha value is -2.53. The molecule has 0 aromatic carbocycles. The van der Waals surface area contributed by atoms with Crippen molar-refractivity contribution >= 4 is 23.3 Å². The molecule has 0 saturated heterocycles. The topological polar surface area (TPSA) is 55.4 Å². The monoisotopic (exact) mass is 299 g/mol. The molecule has 0 aliphatic heterocycles. The maximum absolute atomic E-state index is 11.7. The van der Waals surface area contributed by atoms with Crippen LogP contribution in [0.3, 0.4) is 0 Å². The summed E-state index contributed by atoms with van der Waals surface area (Å²) in [6, 6.07) is 9.54. The molecule has 0 spiro atoms. The first-order chi connectivity index (χ1) is 10.3. The molecule has 3 aromatic heterocycles. The minimum atomic E-state index is -0.176. The Labute approximate surface area is 125 Å². The smallest absolute Gasteiger partial charge is 0.244 e. The molecule has 4 nitrogen and oxygen atoms in total. The second-order valence-electron chi connectivity index (χ2n) is 4.35. The van der Waals surface area contributed by atoms with Crippen molar-refractivity contribution in [3.63, 3.8) is 0 Å². The summed E-state index contributed by atoms with van der Waals surface area (Å²) >= 11 is 1.62. The number of hydrogen-bond donors (Lipinski definition) is 1. The Kier molecular flexibility index (Phi) is 4.02. The van der Waals surface area contributed by atoms with Gasteiger partial charge in [0.15, 0.2) is 0 Å². The van der Waals surface area contributed by atoms with E-state index in [9.17, 15) is 4.79 Å². The molecule has 0 aliphatic carbocycles. The molecule has 0 radical (unpaired) electrons. The van der Waals surface area contributed by atoms with Crippen molar-refractivity contribution in [2.45, 2.75) is 6.54 Å². The van der Waals surface area contributed by atoms with Crippen LogP contribution in [0.5, 0.6) is 0 Å². The zero-order chi connectivity index (χ0) is 14.5. The van der Waals surface area contributed by atoms with Gasteiger partial charge in [-0.1, -0.05) is 6.07 Å². The first-order valence-corrected chi connectivity index (χ1v) is 7.30. The fourth-order valence-electron chi connectivity index (χ4n) is 1.80. The summed E-state index contributed by atoms with van der Waals surface area (Å²) in [5, 5.41) is 4.77. The average Bonchev–Trinajstić information content (AvgIpc) is 3.24. The van der Waals surface area contributed by atoms with Gasteiger partial charge < -0.3 is 14.2 Å². The van der Waals surface area contributed by atoms with Crippen molar-refractivity contribution in [2.75, 3.05) is 0 Å². The van der Waals surface area contributed by atoms with Gasteiger partial charge in [-0.15, -0.1) is 11.3 Å². The third-order valence-electron chi connectivity index (χ3n) is 2.83. The maximum Gasteiger partial charge on any atom is 0.244 e. The van der Waals surface area contributed by atoms with Crippen LogP contribution in [-0.2, 0) is 11.3 Å². The highest BCUT2D eigenvalue weighted by Crippen LogP contribution is 2.26. The van der Waals surface area contributed by atoms with E-state index >= 15 is 0 Å². The largest absolute Gasteiger partial charge is 0.472 e. The summed E-state index contributed by atoms with van der Waals surface area (Å²) in [7, 11) is 0. The van der Waals surface area contributed by atoms with E-state index in [4.69, 9.17) is 8.83 Å². The molecule has 0 aliphatic rings. The Morgan fingerprint density at radius 3 is 3.00 bits per heavy atom.